The van der Waals surface area contributed by atoms with E-state index in [0.29, 0.717) is 37.7 Å². The van der Waals surface area contributed by atoms with Gasteiger partial charge in [-0.3, -0.25) is 9.59 Å². The Labute approximate surface area is 207 Å². The van der Waals surface area contributed by atoms with E-state index in [1.54, 1.807) is 17.0 Å². The fourth-order valence-corrected chi connectivity index (χ4v) is 6.69. The molecule has 1 fully saturated rings. The lowest BCUT2D eigenvalue weighted by atomic mass is 9.87. The van der Waals surface area contributed by atoms with Crippen molar-refractivity contribution in [1.29, 1.82) is 0 Å². The van der Waals surface area contributed by atoms with Crippen LogP contribution in [-0.4, -0.2) is 68.3 Å². The van der Waals surface area contributed by atoms with Crippen molar-refractivity contribution in [2.24, 2.45) is 13.0 Å². The van der Waals surface area contributed by atoms with Gasteiger partial charge in [0.25, 0.3) is 5.91 Å². The van der Waals surface area contributed by atoms with Crippen LogP contribution in [-0.2, 0) is 24.7 Å². The van der Waals surface area contributed by atoms with E-state index in [-0.39, 0.29) is 11.8 Å². The van der Waals surface area contributed by atoms with Gasteiger partial charge in [-0.1, -0.05) is 25.1 Å². The number of thioether (sulfide) groups is 1. The van der Waals surface area contributed by atoms with E-state index in [0.717, 1.165) is 34.6 Å². The van der Waals surface area contributed by atoms with Crippen molar-refractivity contribution in [3.8, 4) is 10.7 Å². The molecule has 1 aliphatic carbocycles. The minimum atomic E-state index is -0.126. The number of hydrogen-bond donors (Lipinski definition) is 0. The van der Waals surface area contributed by atoms with E-state index >= 15 is 0 Å². The number of furan rings is 1. The quantitative estimate of drug-likeness (QED) is 0.481. The summed E-state index contributed by atoms with van der Waals surface area (Å²) in [6.07, 6.45) is 6.33. The van der Waals surface area contributed by atoms with Crippen LogP contribution < -0.4 is 0 Å². The molecular weight excluding hydrogens is 470 g/mol. The smallest absolute Gasteiger partial charge is 0.289 e. The first-order valence-corrected chi connectivity index (χ1v) is 13.6. The highest BCUT2D eigenvalue weighted by atomic mass is 32.2. The monoisotopic (exact) mass is 499 g/mol. The van der Waals surface area contributed by atoms with Gasteiger partial charge in [0.05, 0.1) is 16.9 Å². The molecule has 8 nitrogen and oxygen atoms in total. The van der Waals surface area contributed by atoms with Gasteiger partial charge < -0.3 is 18.8 Å². The number of carbonyl (C=O) groups excluding carboxylic acids is 2. The molecule has 1 atom stereocenters. The van der Waals surface area contributed by atoms with Crippen molar-refractivity contribution >= 4 is 34.9 Å². The van der Waals surface area contributed by atoms with Crippen molar-refractivity contribution in [3.63, 3.8) is 0 Å². The van der Waals surface area contributed by atoms with E-state index in [4.69, 9.17) is 4.42 Å². The first-order valence-electron chi connectivity index (χ1n) is 11.8. The number of hydrogen-bond acceptors (Lipinski definition) is 7. The molecule has 2 amide bonds. The molecule has 0 aromatic carbocycles. The largest absolute Gasteiger partial charge is 0.459 e. The Morgan fingerprint density at radius 2 is 2.00 bits per heavy atom. The molecule has 3 aromatic rings. The van der Waals surface area contributed by atoms with Crippen LogP contribution >= 0.6 is 23.1 Å². The molecule has 10 heteroatoms. The van der Waals surface area contributed by atoms with Crippen molar-refractivity contribution < 1.29 is 14.0 Å². The molecule has 3 aromatic heterocycles. The number of carbonyl (C=O) groups is 2. The highest BCUT2D eigenvalue weighted by Gasteiger charge is 2.27. The standard InChI is InChI=1S/C24H29N5O3S2/c1-3-16-6-7-19-17(13-16)14-20(34-19)22-25-26-24(27(22)2)33-15-21(30)28-8-10-29(11-9-28)23(31)18-5-4-12-32-18/h4-5,12,14,16H,3,6-11,13,15H2,1-2H3/t16-/m0/s1. The molecular formula is C24H29N5O3S2. The molecule has 180 valence electrons. The van der Waals surface area contributed by atoms with E-state index < -0.39 is 0 Å². The third kappa shape index (κ3) is 4.65. The molecule has 0 bridgehead atoms. The van der Waals surface area contributed by atoms with Crippen molar-refractivity contribution in [1.82, 2.24) is 24.6 Å². The highest BCUT2D eigenvalue weighted by Crippen LogP contribution is 2.38. The summed E-state index contributed by atoms with van der Waals surface area (Å²) in [6, 6.07) is 5.66. The third-order valence-corrected chi connectivity index (χ3v) is 9.03. The van der Waals surface area contributed by atoms with E-state index in [9.17, 15) is 9.59 Å². The number of nitrogens with zero attached hydrogens (tertiary/aromatic N) is 5. The minimum Gasteiger partial charge on any atom is -0.459 e. The van der Waals surface area contributed by atoms with Gasteiger partial charge in [-0.15, -0.1) is 21.5 Å². The number of amides is 2. The Kier molecular flexibility index (Phi) is 6.78. The molecule has 0 N–H and O–H groups in total. The minimum absolute atomic E-state index is 0.0526. The van der Waals surface area contributed by atoms with Gasteiger partial charge in [0, 0.05) is 38.1 Å². The Hall–Kier alpha value is -2.59. The maximum Gasteiger partial charge on any atom is 0.289 e. The second-order valence-electron chi connectivity index (χ2n) is 8.88. The molecule has 34 heavy (non-hydrogen) atoms. The summed E-state index contributed by atoms with van der Waals surface area (Å²) in [6.45, 7) is 4.33. The normalized spacial score (nSPS) is 18.2. The zero-order chi connectivity index (χ0) is 23.7. The fraction of sp³-hybridized carbons (Fsp3) is 0.500. The number of rotatable bonds is 6. The van der Waals surface area contributed by atoms with E-state index in [1.165, 1.54) is 41.3 Å². The van der Waals surface area contributed by atoms with Gasteiger partial charge in [-0.25, -0.2) is 0 Å². The second-order valence-corrected chi connectivity index (χ2v) is 11.0. The van der Waals surface area contributed by atoms with Crippen LogP contribution in [0.15, 0.2) is 34.0 Å². The van der Waals surface area contributed by atoms with Gasteiger partial charge in [-0.05, 0) is 48.9 Å². The Bertz CT molecular complexity index is 1160. The summed E-state index contributed by atoms with van der Waals surface area (Å²) in [5, 5.41) is 9.54. The van der Waals surface area contributed by atoms with Crippen molar-refractivity contribution in [3.05, 3.63) is 40.7 Å². The SMILES string of the molecule is CC[C@H]1CCc2sc(-c3nnc(SCC(=O)N4CCN(C(=O)c5ccco5)CC4)n3C)cc2C1. The Morgan fingerprint density at radius 1 is 1.21 bits per heavy atom. The van der Waals surface area contributed by atoms with E-state index in [2.05, 4.69) is 23.2 Å². The van der Waals surface area contributed by atoms with Crippen LogP contribution in [0.3, 0.4) is 0 Å². The van der Waals surface area contributed by atoms with Gasteiger partial charge in [0.1, 0.15) is 0 Å². The van der Waals surface area contributed by atoms with Gasteiger partial charge in [0.15, 0.2) is 16.7 Å². The first-order chi connectivity index (χ1) is 16.5. The topological polar surface area (TPSA) is 84.5 Å². The van der Waals surface area contributed by atoms with Gasteiger partial charge >= 0.3 is 0 Å². The lowest BCUT2D eigenvalue weighted by Crippen LogP contribution is -2.51. The summed E-state index contributed by atoms with van der Waals surface area (Å²) in [4.78, 5) is 31.4. The predicted octanol–water partition coefficient (Wildman–Crippen LogP) is 3.73. The summed E-state index contributed by atoms with van der Waals surface area (Å²) in [7, 11) is 1.97. The molecule has 0 saturated carbocycles. The van der Waals surface area contributed by atoms with Crippen LogP contribution in [0.2, 0.25) is 0 Å². The molecule has 1 saturated heterocycles. The lowest BCUT2D eigenvalue weighted by molar-refractivity contribution is -0.129. The van der Waals surface area contributed by atoms with Crippen LogP contribution in [0.5, 0.6) is 0 Å². The zero-order valence-electron chi connectivity index (χ0n) is 19.5. The maximum absolute atomic E-state index is 12.8. The second kappa shape index (κ2) is 9.95. The number of aryl methyl sites for hydroxylation is 1. The van der Waals surface area contributed by atoms with E-state index in [1.807, 2.05) is 27.9 Å². The third-order valence-electron chi connectivity index (χ3n) is 6.79. The van der Waals surface area contributed by atoms with Crippen LogP contribution in [0.1, 0.15) is 40.8 Å². The Balaban J connectivity index is 1.16. The maximum atomic E-state index is 12.8. The summed E-state index contributed by atoms with van der Waals surface area (Å²) in [5.74, 6) is 2.22. The van der Waals surface area contributed by atoms with Gasteiger partial charge in [0.2, 0.25) is 5.91 Å². The number of thiophene rings is 1. The fourth-order valence-electron chi connectivity index (χ4n) is 4.65. The number of piperazine rings is 1. The summed E-state index contributed by atoms with van der Waals surface area (Å²) in [5.41, 5.74) is 1.47. The molecule has 0 spiro atoms. The lowest BCUT2D eigenvalue weighted by Gasteiger charge is -2.34. The molecule has 5 rings (SSSR count). The number of fused-ring (bicyclic) bond motifs is 1. The molecule has 4 heterocycles. The average molecular weight is 500 g/mol. The van der Waals surface area contributed by atoms with Crippen LogP contribution in [0, 0.1) is 5.92 Å². The molecule has 2 aliphatic rings. The molecule has 0 unspecified atom stereocenters. The molecule has 1 aliphatic heterocycles. The summed E-state index contributed by atoms with van der Waals surface area (Å²) >= 11 is 3.25. The average Bonchev–Trinajstić information content (AvgIpc) is 3.61. The molecule has 0 radical (unpaired) electrons. The first kappa shape index (κ1) is 23.2. The zero-order valence-corrected chi connectivity index (χ0v) is 21.2. The van der Waals surface area contributed by atoms with Crippen molar-refractivity contribution in [2.45, 2.75) is 37.8 Å². The Morgan fingerprint density at radius 3 is 2.74 bits per heavy atom. The van der Waals surface area contributed by atoms with Crippen LogP contribution in [0.25, 0.3) is 10.7 Å². The van der Waals surface area contributed by atoms with Crippen LogP contribution in [0.4, 0.5) is 0 Å². The predicted molar refractivity (Wildman–Crippen MR) is 132 cm³/mol. The highest BCUT2D eigenvalue weighted by molar-refractivity contribution is 7.99. The van der Waals surface area contributed by atoms with Crippen molar-refractivity contribution in [2.75, 3.05) is 31.9 Å². The van der Waals surface area contributed by atoms with Gasteiger partial charge in [-0.2, -0.15) is 0 Å². The summed E-state index contributed by atoms with van der Waals surface area (Å²) < 4.78 is 7.19. The number of aromatic nitrogens is 3.